The topological polar surface area (TPSA) is 53.5 Å². The number of hydrazone groups is 1. The van der Waals surface area contributed by atoms with Crippen molar-refractivity contribution >= 4 is 34.2 Å². The third-order valence-corrected chi connectivity index (χ3v) is 3.88. The summed E-state index contributed by atoms with van der Waals surface area (Å²) in [5.41, 5.74) is 5.29. The van der Waals surface area contributed by atoms with Crippen LogP contribution in [0.2, 0.25) is 0 Å². The van der Waals surface area contributed by atoms with Gasteiger partial charge in [0, 0.05) is 5.69 Å². The van der Waals surface area contributed by atoms with Crippen LogP contribution in [0.5, 0.6) is 0 Å². The molecule has 2 N–H and O–H groups in total. The summed E-state index contributed by atoms with van der Waals surface area (Å²) >= 11 is 0. The van der Waals surface area contributed by atoms with E-state index >= 15 is 0 Å². The van der Waals surface area contributed by atoms with Gasteiger partial charge in [0.25, 0.3) is 5.91 Å². The fourth-order valence-corrected chi connectivity index (χ4v) is 2.49. The van der Waals surface area contributed by atoms with E-state index in [0.717, 1.165) is 22.3 Å². The van der Waals surface area contributed by atoms with E-state index in [-0.39, 0.29) is 12.5 Å². The van der Waals surface area contributed by atoms with Crippen molar-refractivity contribution in [2.24, 2.45) is 5.10 Å². The molecule has 0 saturated heterocycles. The van der Waals surface area contributed by atoms with Gasteiger partial charge in [0.2, 0.25) is 0 Å². The molecule has 3 aromatic carbocycles. The molecule has 4 nitrogen and oxygen atoms in total. The minimum absolute atomic E-state index is 0.164. The zero-order valence-electron chi connectivity index (χ0n) is 14.6. The van der Waals surface area contributed by atoms with Gasteiger partial charge in [-0.3, -0.25) is 4.79 Å². The van der Waals surface area contributed by atoms with E-state index in [2.05, 4.69) is 21.9 Å². The summed E-state index contributed by atoms with van der Waals surface area (Å²) in [6.07, 6.45) is 3.82. The number of carbonyl (C=O) groups excluding carboxylic acids is 1. The number of nitrogens with one attached hydrogen (secondary N) is 2. The molecular formula is C22H21N3O. The third-order valence-electron chi connectivity index (χ3n) is 3.88. The van der Waals surface area contributed by atoms with Crippen molar-refractivity contribution in [1.29, 1.82) is 0 Å². The first-order valence-corrected chi connectivity index (χ1v) is 8.50. The molecule has 0 bridgehead atoms. The van der Waals surface area contributed by atoms with Gasteiger partial charge in [0.05, 0.1) is 12.3 Å². The molecule has 4 heteroatoms. The maximum Gasteiger partial charge on any atom is 0.259 e. The largest absolute Gasteiger partial charge is 0.376 e. The van der Waals surface area contributed by atoms with Crippen LogP contribution in [0.4, 0.5) is 5.69 Å². The minimum atomic E-state index is -0.189. The van der Waals surface area contributed by atoms with Gasteiger partial charge in [-0.15, -0.1) is 0 Å². The molecule has 3 aromatic rings. The number of amides is 1. The number of fused-ring (bicyclic) bond motifs is 1. The van der Waals surface area contributed by atoms with E-state index in [1.165, 1.54) is 5.39 Å². The average Bonchev–Trinajstić information content (AvgIpc) is 2.69. The van der Waals surface area contributed by atoms with Gasteiger partial charge in [-0.1, -0.05) is 66.7 Å². The van der Waals surface area contributed by atoms with Gasteiger partial charge < -0.3 is 5.32 Å². The maximum absolute atomic E-state index is 12.0. The zero-order chi connectivity index (χ0) is 18.2. The summed E-state index contributed by atoms with van der Waals surface area (Å²) in [6, 6.07) is 24.1. The molecule has 130 valence electrons. The highest BCUT2D eigenvalue weighted by Gasteiger charge is 2.01. The van der Waals surface area contributed by atoms with Crippen molar-refractivity contribution in [2.75, 3.05) is 11.9 Å². The Morgan fingerprint density at radius 1 is 0.962 bits per heavy atom. The van der Waals surface area contributed by atoms with E-state index in [4.69, 9.17) is 0 Å². The molecule has 0 atom stereocenters. The molecule has 26 heavy (non-hydrogen) atoms. The Bertz CT molecular complexity index is 946. The van der Waals surface area contributed by atoms with Gasteiger partial charge in [-0.05, 0) is 41.5 Å². The minimum Gasteiger partial charge on any atom is -0.376 e. The number of allylic oxidation sites excluding steroid dienone is 1. The van der Waals surface area contributed by atoms with Crippen LogP contribution in [-0.4, -0.2) is 18.2 Å². The maximum atomic E-state index is 12.0. The summed E-state index contributed by atoms with van der Waals surface area (Å²) in [6.45, 7) is 2.01. The highest BCUT2D eigenvalue weighted by Crippen LogP contribution is 2.18. The van der Waals surface area contributed by atoms with Crippen LogP contribution < -0.4 is 10.7 Å². The molecule has 0 unspecified atom stereocenters. The first kappa shape index (κ1) is 17.4. The van der Waals surface area contributed by atoms with Crippen LogP contribution in [0.25, 0.3) is 16.8 Å². The van der Waals surface area contributed by atoms with E-state index < -0.39 is 0 Å². The lowest BCUT2D eigenvalue weighted by atomic mass is 10.1. The van der Waals surface area contributed by atoms with Gasteiger partial charge in [-0.25, -0.2) is 5.43 Å². The molecule has 0 saturated carbocycles. The predicted octanol–water partition coefficient (Wildman–Crippen LogP) is 4.46. The highest BCUT2D eigenvalue weighted by molar-refractivity contribution is 5.97. The summed E-state index contributed by atoms with van der Waals surface area (Å²) < 4.78 is 0. The van der Waals surface area contributed by atoms with Crippen LogP contribution in [0.15, 0.2) is 84.0 Å². The number of hydrogen-bond acceptors (Lipinski definition) is 3. The van der Waals surface area contributed by atoms with Crippen LogP contribution in [-0.2, 0) is 4.79 Å². The monoisotopic (exact) mass is 343 g/mol. The van der Waals surface area contributed by atoms with Crippen molar-refractivity contribution in [3.8, 4) is 0 Å². The number of nitrogens with zero attached hydrogens (tertiary/aromatic N) is 1. The second-order valence-corrected chi connectivity index (χ2v) is 5.95. The number of benzene rings is 3. The van der Waals surface area contributed by atoms with E-state index in [1.807, 2.05) is 85.8 Å². The molecule has 3 rings (SSSR count). The first-order valence-electron chi connectivity index (χ1n) is 8.50. The zero-order valence-corrected chi connectivity index (χ0v) is 14.6. The fourth-order valence-electron chi connectivity index (χ4n) is 2.49. The molecule has 0 aliphatic rings. The van der Waals surface area contributed by atoms with E-state index in [1.54, 1.807) is 0 Å². The Hall–Kier alpha value is -3.40. The SMILES string of the molecule is CC(/C=C/c1ccccc1)=NNC(=O)CNc1ccc2ccccc2c1. The molecule has 0 aliphatic heterocycles. The van der Waals surface area contributed by atoms with Gasteiger partial charge >= 0.3 is 0 Å². The molecular weight excluding hydrogens is 322 g/mol. The fraction of sp³-hybridized carbons (Fsp3) is 0.0909. The Labute approximate surface area is 153 Å². The second-order valence-electron chi connectivity index (χ2n) is 5.95. The molecule has 1 amide bonds. The smallest absolute Gasteiger partial charge is 0.259 e. The Morgan fingerprint density at radius 3 is 2.50 bits per heavy atom. The molecule has 0 spiro atoms. The average molecular weight is 343 g/mol. The normalized spacial score (nSPS) is 11.7. The van der Waals surface area contributed by atoms with Crippen molar-refractivity contribution in [3.63, 3.8) is 0 Å². The third kappa shape index (κ3) is 5.05. The number of carbonyl (C=O) groups is 1. The lowest BCUT2D eigenvalue weighted by Gasteiger charge is -2.07. The van der Waals surface area contributed by atoms with Crippen molar-refractivity contribution in [2.45, 2.75) is 6.92 Å². The number of anilines is 1. The standard InChI is InChI=1S/C22H21N3O/c1-17(11-12-18-7-3-2-4-8-18)24-25-22(26)16-23-21-14-13-19-9-5-6-10-20(19)15-21/h2-15,23H,16H2,1H3,(H,25,26)/b12-11+,24-17?. The van der Waals surface area contributed by atoms with Gasteiger partial charge in [0.1, 0.15) is 0 Å². The van der Waals surface area contributed by atoms with Crippen molar-refractivity contribution in [3.05, 3.63) is 84.4 Å². The predicted molar refractivity (Wildman–Crippen MR) is 109 cm³/mol. The second kappa shape index (κ2) is 8.62. The first-order chi connectivity index (χ1) is 12.7. The van der Waals surface area contributed by atoms with Crippen molar-refractivity contribution in [1.82, 2.24) is 5.43 Å². The highest BCUT2D eigenvalue weighted by atomic mass is 16.2. The van der Waals surface area contributed by atoms with Crippen LogP contribution >= 0.6 is 0 Å². The summed E-state index contributed by atoms with van der Waals surface area (Å²) in [5, 5.41) is 9.52. The van der Waals surface area contributed by atoms with Crippen LogP contribution in [0, 0.1) is 0 Å². The Morgan fingerprint density at radius 2 is 1.69 bits per heavy atom. The number of rotatable bonds is 6. The van der Waals surface area contributed by atoms with Crippen LogP contribution in [0.3, 0.4) is 0 Å². The van der Waals surface area contributed by atoms with Gasteiger partial charge in [-0.2, -0.15) is 5.10 Å². The molecule has 0 radical (unpaired) electrons. The Balaban J connectivity index is 1.50. The summed E-state index contributed by atoms with van der Waals surface area (Å²) in [5.74, 6) is -0.189. The number of hydrogen-bond donors (Lipinski definition) is 2. The quantitative estimate of drug-likeness (QED) is 0.513. The molecule has 0 aromatic heterocycles. The summed E-state index contributed by atoms with van der Waals surface area (Å²) in [7, 11) is 0. The Kier molecular flexibility index (Phi) is 5.78. The van der Waals surface area contributed by atoms with E-state index in [0.29, 0.717) is 0 Å². The summed E-state index contributed by atoms with van der Waals surface area (Å²) in [4.78, 5) is 12.0. The van der Waals surface area contributed by atoms with E-state index in [9.17, 15) is 4.79 Å². The lowest BCUT2D eigenvalue weighted by Crippen LogP contribution is -2.26. The molecule has 0 fully saturated rings. The lowest BCUT2D eigenvalue weighted by molar-refractivity contribution is -0.119. The van der Waals surface area contributed by atoms with Gasteiger partial charge in [0.15, 0.2) is 0 Å². The van der Waals surface area contributed by atoms with Crippen LogP contribution in [0.1, 0.15) is 12.5 Å². The molecule has 0 heterocycles. The van der Waals surface area contributed by atoms with Crippen molar-refractivity contribution < 1.29 is 4.79 Å². The molecule has 0 aliphatic carbocycles.